The topological polar surface area (TPSA) is 58.0 Å². The van der Waals surface area contributed by atoms with Gasteiger partial charge in [0, 0.05) is 48.9 Å². The van der Waals surface area contributed by atoms with Gasteiger partial charge in [-0.2, -0.15) is 0 Å². The Bertz CT molecular complexity index is 1110. The van der Waals surface area contributed by atoms with Gasteiger partial charge in [0.1, 0.15) is 10.9 Å². The number of aromatic nitrogens is 4. The molecule has 150 valence electrons. The lowest BCUT2D eigenvalue weighted by atomic mass is 10.2. The summed E-state index contributed by atoms with van der Waals surface area (Å²) in [6.07, 6.45) is 3.59. The van der Waals surface area contributed by atoms with Crippen molar-refractivity contribution < 1.29 is 0 Å². The Labute approximate surface area is 180 Å². The van der Waals surface area contributed by atoms with E-state index in [-0.39, 0.29) is 0 Å². The van der Waals surface area contributed by atoms with Crippen molar-refractivity contribution in [2.45, 2.75) is 16.5 Å². The molecule has 0 aliphatic carbocycles. The van der Waals surface area contributed by atoms with Gasteiger partial charge >= 0.3 is 0 Å². The van der Waals surface area contributed by atoms with Gasteiger partial charge in [-0.15, -0.1) is 0 Å². The van der Waals surface area contributed by atoms with Crippen LogP contribution in [0.25, 0.3) is 10.9 Å². The highest BCUT2D eigenvalue weighted by molar-refractivity contribution is 7.99. The molecule has 0 N–H and O–H groups in total. The van der Waals surface area contributed by atoms with Crippen LogP contribution in [-0.4, -0.2) is 51.0 Å². The van der Waals surface area contributed by atoms with Gasteiger partial charge in [0.25, 0.3) is 0 Å². The SMILES string of the molecule is c1ccc(Sc2nc(CN3CCN(c4ncccn4)CC3)nc3ccccc23)cc1. The Morgan fingerprint density at radius 2 is 1.50 bits per heavy atom. The van der Waals surface area contributed by atoms with Crippen molar-refractivity contribution in [2.24, 2.45) is 0 Å². The van der Waals surface area contributed by atoms with Crippen molar-refractivity contribution in [2.75, 3.05) is 31.1 Å². The molecule has 0 amide bonds. The van der Waals surface area contributed by atoms with Crippen molar-refractivity contribution in [3.63, 3.8) is 0 Å². The largest absolute Gasteiger partial charge is 0.338 e. The fourth-order valence-electron chi connectivity index (χ4n) is 3.60. The number of fused-ring (bicyclic) bond motifs is 1. The van der Waals surface area contributed by atoms with Gasteiger partial charge in [-0.3, -0.25) is 4.90 Å². The van der Waals surface area contributed by atoms with Crippen LogP contribution in [0.4, 0.5) is 5.95 Å². The fraction of sp³-hybridized carbons (Fsp3) is 0.217. The van der Waals surface area contributed by atoms with Crippen molar-refractivity contribution >= 4 is 28.6 Å². The maximum absolute atomic E-state index is 4.94. The summed E-state index contributed by atoms with van der Waals surface area (Å²) in [5.74, 6) is 1.68. The van der Waals surface area contributed by atoms with Gasteiger partial charge in [0.15, 0.2) is 0 Å². The van der Waals surface area contributed by atoms with E-state index in [2.05, 4.69) is 56.2 Å². The number of hydrogen-bond acceptors (Lipinski definition) is 7. The number of nitrogens with zero attached hydrogens (tertiary/aromatic N) is 6. The van der Waals surface area contributed by atoms with E-state index >= 15 is 0 Å². The number of benzene rings is 2. The van der Waals surface area contributed by atoms with E-state index in [1.165, 1.54) is 4.90 Å². The summed E-state index contributed by atoms with van der Waals surface area (Å²) in [4.78, 5) is 24.3. The Balaban J connectivity index is 1.34. The van der Waals surface area contributed by atoms with Crippen LogP contribution >= 0.6 is 11.8 Å². The molecule has 0 bridgehead atoms. The fourth-order valence-corrected chi connectivity index (χ4v) is 4.55. The lowest BCUT2D eigenvalue weighted by Crippen LogP contribution is -2.46. The summed E-state index contributed by atoms with van der Waals surface area (Å²) in [6, 6.07) is 20.5. The van der Waals surface area contributed by atoms with E-state index in [0.29, 0.717) is 0 Å². The van der Waals surface area contributed by atoms with Gasteiger partial charge in [0.2, 0.25) is 5.95 Å². The molecule has 1 fully saturated rings. The number of hydrogen-bond donors (Lipinski definition) is 0. The zero-order chi connectivity index (χ0) is 20.2. The molecular formula is C23H22N6S. The van der Waals surface area contributed by atoms with Crippen LogP contribution < -0.4 is 4.90 Å². The molecule has 0 unspecified atom stereocenters. The van der Waals surface area contributed by atoms with Crippen LogP contribution in [0, 0.1) is 0 Å². The van der Waals surface area contributed by atoms with E-state index in [4.69, 9.17) is 9.97 Å². The lowest BCUT2D eigenvalue weighted by molar-refractivity contribution is 0.242. The third-order valence-corrected chi connectivity index (χ3v) is 6.16. The third kappa shape index (κ3) is 4.27. The second-order valence-electron chi connectivity index (χ2n) is 7.19. The second-order valence-corrected chi connectivity index (χ2v) is 8.25. The Hall–Kier alpha value is -3.03. The standard InChI is InChI=1S/C23H22N6S/c1-2-7-18(8-3-1)30-22-19-9-4-5-10-20(19)26-21(27-22)17-28-13-15-29(16-14-28)23-24-11-6-12-25-23/h1-12H,13-17H2. The minimum Gasteiger partial charge on any atom is -0.338 e. The summed E-state index contributed by atoms with van der Waals surface area (Å²) < 4.78 is 0. The predicted molar refractivity (Wildman–Crippen MR) is 120 cm³/mol. The third-order valence-electron chi connectivity index (χ3n) is 5.14. The zero-order valence-electron chi connectivity index (χ0n) is 16.6. The summed E-state index contributed by atoms with van der Waals surface area (Å²) in [5, 5.41) is 2.11. The molecule has 1 aliphatic heterocycles. The molecule has 0 saturated carbocycles. The molecule has 5 rings (SSSR count). The van der Waals surface area contributed by atoms with Gasteiger partial charge < -0.3 is 4.90 Å². The quantitative estimate of drug-likeness (QED) is 0.459. The van der Waals surface area contributed by atoms with Crippen molar-refractivity contribution in [1.82, 2.24) is 24.8 Å². The Morgan fingerprint density at radius 3 is 2.30 bits per heavy atom. The molecule has 1 aliphatic rings. The number of piperazine rings is 1. The summed E-state index contributed by atoms with van der Waals surface area (Å²) >= 11 is 1.70. The average Bonchev–Trinajstić information content (AvgIpc) is 2.81. The highest BCUT2D eigenvalue weighted by Crippen LogP contribution is 2.31. The summed E-state index contributed by atoms with van der Waals surface area (Å²) in [7, 11) is 0. The summed E-state index contributed by atoms with van der Waals surface area (Å²) in [6.45, 7) is 4.44. The van der Waals surface area contributed by atoms with Crippen LogP contribution in [0.1, 0.15) is 5.82 Å². The molecule has 0 radical (unpaired) electrons. The van der Waals surface area contributed by atoms with Crippen LogP contribution in [0.3, 0.4) is 0 Å². The summed E-state index contributed by atoms with van der Waals surface area (Å²) in [5.41, 5.74) is 0.997. The maximum atomic E-state index is 4.94. The molecule has 4 aromatic rings. The normalized spacial score (nSPS) is 14.9. The molecule has 2 aromatic carbocycles. The minimum atomic E-state index is 0.747. The van der Waals surface area contributed by atoms with E-state index in [1.54, 1.807) is 24.2 Å². The number of rotatable bonds is 5. The predicted octanol–water partition coefficient (Wildman–Crippen LogP) is 3.89. The van der Waals surface area contributed by atoms with Gasteiger partial charge in [-0.05, 0) is 24.3 Å². The highest BCUT2D eigenvalue weighted by Gasteiger charge is 2.20. The van der Waals surface area contributed by atoms with Gasteiger partial charge in [-0.25, -0.2) is 19.9 Å². The molecule has 0 atom stereocenters. The first-order valence-electron chi connectivity index (χ1n) is 10.1. The first kappa shape index (κ1) is 19.0. The molecule has 30 heavy (non-hydrogen) atoms. The monoisotopic (exact) mass is 414 g/mol. The second kappa shape index (κ2) is 8.77. The first-order valence-corrected chi connectivity index (χ1v) is 10.9. The van der Waals surface area contributed by atoms with Crippen molar-refractivity contribution in [3.05, 3.63) is 78.9 Å². The highest BCUT2D eigenvalue weighted by atomic mass is 32.2. The van der Waals surface area contributed by atoms with Crippen LogP contribution in [0.2, 0.25) is 0 Å². The van der Waals surface area contributed by atoms with Crippen molar-refractivity contribution in [3.8, 4) is 0 Å². The molecule has 2 aromatic heterocycles. The lowest BCUT2D eigenvalue weighted by Gasteiger charge is -2.34. The molecule has 0 spiro atoms. The number of para-hydroxylation sites is 1. The maximum Gasteiger partial charge on any atom is 0.225 e. The Kier molecular flexibility index (Phi) is 5.54. The van der Waals surface area contributed by atoms with Crippen LogP contribution in [-0.2, 0) is 6.54 Å². The van der Waals surface area contributed by atoms with Gasteiger partial charge in [0.05, 0.1) is 12.1 Å². The molecule has 3 heterocycles. The average molecular weight is 415 g/mol. The smallest absolute Gasteiger partial charge is 0.225 e. The van der Waals surface area contributed by atoms with E-state index in [9.17, 15) is 0 Å². The Morgan fingerprint density at radius 1 is 0.767 bits per heavy atom. The van der Waals surface area contributed by atoms with E-state index < -0.39 is 0 Å². The molecular weight excluding hydrogens is 392 g/mol. The van der Waals surface area contributed by atoms with Crippen LogP contribution in [0.15, 0.2) is 83.0 Å². The zero-order valence-corrected chi connectivity index (χ0v) is 17.4. The first-order chi connectivity index (χ1) is 14.8. The molecule has 6 nitrogen and oxygen atoms in total. The molecule has 1 saturated heterocycles. The minimum absolute atomic E-state index is 0.747. The number of anilines is 1. The van der Waals surface area contributed by atoms with E-state index in [0.717, 1.165) is 60.4 Å². The van der Waals surface area contributed by atoms with E-state index in [1.807, 2.05) is 24.3 Å². The van der Waals surface area contributed by atoms with Gasteiger partial charge in [-0.1, -0.05) is 48.2 Å². The van der Waals surface area contributed by atoms with Crippen molar-refractivity contribution in [1.29, 1.82) is 0 Å². The molecule has 7 heteroatoms. The van der Waals surface area contributed by atoms with Crippen LogP contribution in [0.5, 0.6) is 0 Å².